The predicted molar refractivity (Wildman–Crippen MR) is 82.7 cm³/mol. The first-order valence-electron chi connectivity index (χ1n) is 6.60. The monoisotopic (exact) mass is 308 g/mol. The summed E-state index contributed by atoms with van der Waals surface area (Å²) >= 11 is 0. The molecule has 114 valence electrons. The van der Waals surface area contributed by atoms with Gasteiger partial charge in [-0.25, -0.2) is 8.42 Å². The third kappa shape index (κ3) is 3.43. The van der Waals surface area contributed by atoms with E-state index in [1.165, 1.54) is 0 Å². The first-order chi connectivity index (χ1) is 9.83. The van der Waals surface area contributed by atoms with Gasteiger partial charge in [-0.15, -0.1) is 0 Å². The second-order valence-electron chi connectivity index (χ2n) is 5.05. The van der Waals surface area contributed by atoms with Crippen molar-refractivity contribution in [3.8, 4) is 0 Å². The number of aryl methyl sites for hydroxylation is 3. The van der Waals surface area contributed by atoms with Crippen molar-refractivity contribution >= 4 is 15.8 Å². The van der Waals surface area contributed by atoms with E-state index in [4.69, 9.17) is 0 Å². The van der Waals surface area contributed by atoms with Crippen molar-refractivity contribution in [1.82, 2.24) is 15.1 Å². The van der Waals surface area contributed by atoms with E-state index in [9.17, 15) is 8.42 Å². The van der Waals surface area contributed by atoms with Crippen LogP contribution in [0.15, 0.2) is 29.3 Å². The highest BCUT2D eigenvalue weighted by Crippen LogP contribution is 2.22. The molecule has 0 saturated carbocycles. The Morgan fingerprint density at radius 3 is 2.52 bits per heavy atom. The van der Waals surface area contributed by atoms with Crippen LogP contribution in [0.1, 0.15) is 16.7 Å². The molecule has 0 spiro atoms. The smallest absolute Gasteiger partial charge is 0.263 e. The lowest BCUT2D eigenvalue weighted by Crippen LogP contribution is -2.16. The molecule has 0 unspecified atom stereocenters. The predicted octanol–water partition coefficient (Wildman–Crippen LogP) is 1.56. The maximum Gasteiger partial charge on any atom is 0.263 e. The van der Waals surface area contributed by atoms with Gasteiger partial charge >= 0.3 is 0 Å². The Hall–Kier alpha value is -1.86. The van der Waals surface area contributed by atoms with Crippen molar-refractivity contribution < 1.29 is 8.42 Å². The van der Waals surface area contributed by atoms with Crippen molar-refractivity contribution in [3.05, 3.63) is 41.1 Å². The minimum atomic E-state index is -3.64. The van der Waals surface area contributed by atoms with Gasteiger partial charge in [-0.05, 0) is 43.7 Å². The van der Waals surface area contributed by atoms with Gasteiger partial charge in [0.1, 0.15) is 0 Å². The standard InChI is InChI=1S/C14H20N4O2S/c1-10-7-11(2)13(8-12(10)9-15-3)21(19,20)17-14-5-6-18(4)16-14/h5-8,15H,9H2,1-4H3,(H,16,17). The van der Waals surface area contributed by atoms with Crippen LogP contribution in [0.25, 0.3) is 0 Å². The first-order valence-corrected chi connectivity index (χ1v) is 8.09. The fourth-order valence-corrected chi connectivity index (χ4v) is 3.48. The Labute approximate surface area is 125 Å². The highest BCUT2D eigenvalue weighted by atomic mass is 32.2. The summed E-state index contributed by atoms with van der Waals surface area (Å²) in [5, 5.41) is 7.09. The topological polar surface area (TPSA) is 76.0 Å². The lowest BCUT2D eigenvalue weighted by atomic mass is 10.1. The van der Waals surface area contributed by atoms with Gasteiger partial charge in [-0.2, -0.15) is 5.10 Å². The van der Waals surface area contributed by atoms with E-state index in [2.05, 4.69) is 15.1 Å². The van der Waals surface area contributed by atoms with Gasteiger partial charge in [0, 0.05) is 25.9 Å². The molecule has 0 radical (unpaired) electrons. The Balaban J connectivity index is 2.41. The summed E-state index contributed by atoms with van der Waals surface area (Å²) < 4.78 is 29.1. The Morgan fingerprint density at radius 1 is 1.24 bits per heavy atom. The molecule has 6 nitrogen and oxygen atoms in total. The zero-order valence-corrected chi connectivity index (χ0v) is 13.5. The fraction of sp³-hybridized carbons (Fsp3) is 0.357. The van der Waals surface area contributed by atoms with Crippen molar-refractivity contribution in [3.63, 3.8) is 0 Å². The van der Waals surface area contributed by atoms with Crippen LogP contribution in [-0.4, -0.2) is 25.2 Å². The van der Waals surface area contributed by atoms with Crippen LogP contribution in [-0.2, 0) is 23.6 Å². The summed E-state index contributed by atoms with van der Waals surface area (Å²) in [6.07, 6.45) is 1.69. The average molecular weight is 308 g/mol. The number of aromatic nitrogens is 2. The third-order valence-corrected chi connectivity index (χ3v) is 4.74. The molecule has 0 fully saturated rings. The normalized spacial score (nSPS) is 11.6. The fourth-order valence-electron chi connectivity index (χ4n) is 2.21. The van der Waals surface area contributed by atoms with Gasteiger partial charge < -0.3 is 5.32 Å². The molecular weight excluding hydrogens is 288 g/mol. The van der Waals surface area contributed by atoms with Gasteiger partial charge in [-0.3, -0.25) is 9.40 Å². The maximum atomic E-state index is 12.5. The number of benzene rings is 1. The number of anilines is 1. The number of nitrogens with one attached hydrogen (secondary N) is 2. The largest absolute Gasteiger partial charge is 0.316 e. The highest BCUT2D eigenvalue weighted by Gasteiger charge is 2.19. The number of sulfonamides is 1. The molecule has 2 rings (SSSR count). The Morgan fingerprint density at radius 2 is 1.95 bits per heavy atom. The third-order valence-electron chi connectivity index (χ3n) is 3.24. The average Bonchev–Trinajstić information content (AvgIpc) is 2.77. The van der Waals surface area contributed by atoms with E-state index in [0.717, 1.165) is 16.7 Å². The van der Waals surface area contributed by atoms with Crippen LogP contribution in [0.3, 0.4) is 0 Å². The second-order valence-corrected chi connectivity index (χ2v) is 6.71. The highest BCUT2D eigenvalue weighted by molar-refractivity contribution is 7.92. The lowest BCUT2D eigenvalue weighted by Gasteiger charge is -2.13. The van der Waals surface area contributed by atoms with Crippen LogP contribution in [0.5, 0.6) is 0 Å². The van der Waals surface area contributed by atoms with Gasteiger partial charge in [0.05, 0.1) is 4.90 Å². The summed E-state index contributed by atoms with van der Waals surface area (Å²) in [5.74, 6) is 0.313. The second kappa shape index (κ2) is 5.87. The molecule has 2 aromatic rings. The van der Waals surface area contributed by atoms with E-state index in [-0.39, 0.29) is 4.90 Å². The lowest BCUT2D eigenvalue weighted by molar-refractivity contribution is 0.600. The van der Waals surface area contributed by atoms with Gasteiger partial charge in [0.25, 0.3) is 10.0 Å². The van der Waals surface area contributed by atoms with E-state index in [1.54, 1.807) is 37.0 Å². The van der Waals surface area contributed by atoms with Gasteiger partial charge in [0.2, 0.25) is 0 Å². The quantitative estimate of drug-likeness (QED) is 0.879. The number of hydrogen-bond acceptors (Lipinski definition) is 4. The van der Waals surface area contributed by atoms with Crippen molar-refractivity contribution in [2.24, 2.45) is 7.05 Å². The van der Waals surface area contributed by atoms with Crippen LogP contribution >= 0.6 is 0 Å². The summed E-state index contributed by atoms with van der Waals surface area (Å²) in [6, 6.07) is 5.22. The zero-order chi connectivity index (χ0) is 15.6. The van der Waals surface area contributed by atoms with E-state index >= 15 is 0 Å². The molecule has 0 saturated heterocycles. The minimum absolute atomic E-state index is 0.281. The Bertz CT molecular complexity index is 750. The van der Waals surface area contributed by atoms with Crippen LogP contribution in [0.2, 0.25) is 0 Å². The van der Waals surface area contributed by atoms with Gasteiger partial charge in [-0.1, -0.05) is 6.07 Å². The molecule has 1 aromatic heterocycles. The maximum absolute atomic E-state index is 12.5. The molecule has 0 atom stereocenters. The summed E-state index contributed by atoms with van der Waals surface area (Å²) in [4.78, 5) is 0.281. The van der Waals surface area contributed by atoms with Crippen LogP contribution in [0.4, 0.5) is 5.82 Å². The van der Waals surface area contributed by atoms with Crippen molar-refractivity contribution in [2.45, 2.75) is 25.3 Å². The molecule has 0 aliphatic heterocycles. The molecule has 21 heavy (non-hydrogen) atoms. The first kappa shape index (κ1) is 15.5. The van der Waals surface area contributed by atoms with Crippen LogP contribution in [0, 0.1) is 13.8 Å². The van der Waals surface area contributed by atoms with E-state index < -0.39 is 10.0 Å². The molecule has 0 aliphatic carbocycles. The zero-order valence-electron chi connectivity index (χ0n) is 12.6. The molecule has 2 N–H and O–H groups in total. The van der Waals surface area contributed by atoms with Gasteiger partial charge in [0.15, 0.2) is 5.82 Å². The molecule has 7 heteroatoms. The summed E-state index contributed by atoms with van der Waals surface area (Å²) in [7, 11) is -0.0728. The number of hydrogen-bond donors (Lipinski definition) is 2. The Kier molecular flexibility index (Phi) is 4.34. The van der Waals surface area contributed by atoms with Crippen molar-refractivity contribution in [1.29, 1.82) is 0 Å². The van der Waals surface area contributed by atoms with E-state index in [1.807, 2.05) is 20.0 Å². The molecule has 0 aliphatic rings. The molecule has 1 aromatic carbocycles. The minimum Gasteiger partial charge on any atom is -0.316 e. The van der Waals surface area contributed by atoms with Crippen LogP contribution < -0.4 is 10.0 Å². The number of rotatable bonds is 5. The molecule has 0 bridgehead atoms. The molecular formula is C14H20N4O2S. The van der Waals surface area contributed by atoms with Crippen molar-refractivity contribution in [2.75, 3.05) is 11.8 Å². The summed E-state index contributed by atoms with van der Waals surface area (Å²) in [6.45, 7) is 4.39. The molecule has 1 heterocycles. The summed E-state index contributed by atoms with van der Waals surface area (Å²) in [5.41, 5.74) is 2.75. The van der Waals surface area contributed by atoms with E-state index in [0.29, 0.717) is 12.4 Å². The number of nitrogens with zero attached hydrogens (tertiary/aromatic N) is 2. The SMILES string of the molecule is CNCc1cc(S(=O)(=O)Nc2ccn(C)n2)c(C)cc1C. The molecule has 0 amide bonds.